The lowest BCUT2D eigenvalue weighted by Gasteiger charge is -2.22. The van der Waals surface area contributed by atoms with Gasteiger partial charge >= 0.3 is 0 Å². The van der Waals surface area contributed by atoms with Gasteiger partial charge in [-0.3, -0.25) is 4.79 Å². The van der Waals surface area contributed by atoms with Crippen molar-refractivity contribution in [2.24, 2.45) is 0 Å². The molecule has 0 saturated heterocycles. The van der Waals surface area contributed by atoms with Gasteiger partial charge in [-0.2, -0.15) is 0 Å². The Labute approximate surface area is 98.1 Å². The molecule has 1 unspecified atom stereocenters. The third-order valence-corrected chi connectivity index (χ3v) is 3.10. The second kappa shape index (κ2) is 7.63. The fourth-order valence-electron chi connectivity index (χ4n) is 2.04. The molecule has 2 N–H and O–H groups in total. The lowest BCUT2D eigenvalue weighted by molar-refractivity contribution is -0.122. The van der Waals surface area contributed by atoms with Gasteiger partial charge < -0.3 is 15.4 Å². The zero-order chi connectivity index (χ0) is 11.8. The molecule has 1 atom stereocenters. The van der Waals surface area contributed by atoms with Crippen LogP contribution < -0.4 is 10.6 Å². The topological polar surface area (TPSA) is 50.4 Å². The van der Waals surface area contributed by atoms with Crippen LogP contribution in [0.25, 0.3) is 0 Å². The molecule has 1 rings (SSSR count). The zero-order valence-corrected chi connectivity index (χ0v) is 10.4. The van der Waals surface area contributed by atoms with E-state index in [9.17, 15) is 4.79 Å². The highest BCUT2D eigenvalue weighted by molar-refractivity contribution is 5.80. The largest absolute Gasteiger partial charge is 0.377 e. The van der Waals surface area contributed by atoms with Crippen LogP contribution in [-0.4, -0.2) is 38.3 Å². The van der Waals surface area contributed by atoms with Crippen molar-refractivity contribution in [3.05, 3.63) is 0 Å². The molecule has 1 amide bonds. The number of rotatable bonds is 6. The number of hydrogen-bond acceptors (Lipinski definition) is 3. The molecule has 0 bridgehead atoms. The maximum absolute atomic E-state index is 11.2. The number of nitrogens with one attached hydrogen (secondary N) is 2. The molecule has 1 aliphatic rings. The number of carbonyl (C=O) groups is 1. The average molecular weight is 228 g/mol. The summed E-state index contributed by atoms with van der Waals surface area (Å²) in [5.41, 5.74) is 0. The van der Waals surface area contributed by atoms with Crippen LogP contribution in [0.2, 0.25) is 0 Å². The highest BCUT2D eigenvalue weighted by Crippen LogP contribution is 2.19. The van der Waals surface area contributed by atoms with Crippen molar-refractivity contribution in [2.75, 3.05) is 20.2 Å². The van der Waals surface area contributed by atoms with Crippen molar-refractivity contribution in [3.63, 3.8) is 0 Å². The lowest BCUT2D eigenvalue weighted by atomic mass is 9.98. The van der Waals surface area contributed by atoms with Crippen molar-refractivity contribution in [2.45, 2.75) is 51.2 Å². The summed E-state index contributed by atoms with van der Waals surface area (Å²) in [5.74, 6) is 0.0256. The average Bonchev–Trinajstić information content (AvgIpc) is 2.34. The molecule has 94 valence electrons. The van der Waals surface area contributed by atoms with Crippen LogP contribution in [0.3, 0.4) is 0 Å². The van der Waals surface area contributed by atoms with E-state index in [1.165, 1.54) is 32.1 Å². The molecule has 4 nitrogen and oxygen atoms in total. The van der Waals surface area contributed by atoms with Crippen molar-refractivity contribution in [1.82, 2.24) is 10.6 Å². The second-order valence-electron chi connectivity index (χ2n) is 4.42. The molecule has 0 aliphatic heterocycles. The SMILES string of the molecule is CNC(=O)C(C)NCCOC1CCCCC1. The monoisotopic (exact) mass is 228 g/mol. The summed E-state index contributed by atoms with van der Waals surface area (Å²) in [7, 11) is 1.65. The van der Waals surface area contributed by atoms with Gasteiger partial charge in [-0.1, -0.05) is 19.3 Å². The summed E-state index contributed by atoms with van der Waals surface area (Å²) < 4.78 is 5.75. The van der Waals surface area contributed by atoms with Crippen LogP contribution in [0.1, 0.15) is 39.0 Å². The standard InChI is InChI=1S/C12H24N2O2/c1-10(12(15)13-2)14-8-9-16-11-6-4-3-5-7-11/h10-11,14H,3-9H2,1-2H3,(H,13,15). The summed E-state index contributed by atoms with van der Waals surface area (Å²) in [6.45, 7) is 3.30. The minimum absolute atomic E-state index is 0.0256. The third-order valence-electron chi connectivity index (χ3n) is 3.10. The molecule has 1 aliphatic carbocycles. The first-order valence-corrected chi connectivity index (χ1v) is 6.30. The molecule has 0 heterocycles. The van der Waals surface area contributed by atoms with Gasteiger partial charge in [0.15, 0.2) is 0 Å². The Kier molecular flexibility index (Phi) is 6.42. The quantitative estimate of drug-likeness (QED) is 0.668. The molecule has 0 aromatic carbocycles. The first kappa shape index (κ1) is 13.5. The van der Waals surface area contributed by atoms with E-state index < -0.39 is 0 Å². The number of hydrogen-bond donors (Lipinski definition) is 2. The van der Waals surface area contributed by atoms with Crippen molar-refractivity contribution >= 4 is 5.91 Å². The fraction of sp³-hybridized carbons (Fsp3) is 0.917. The van der Waals surface area contributed by atoms with Crippen LogP contribution >= 0.6 is 0 Å². The molecule has 0 aromatic rings. The predicted octanol–water partition coefficient (Wildman–Crippen LogP) is 1.06. The summed E-state index contributed by atoms with van der Waals surface area (Å²) >= 11 is 0. The Morgan fingerprint density at radius 2 is 2.06 bits per heavy atom. The summed E-state index contributed by atoms with van der Waals surface area (Å²) in [4.78, 5) is 11.2. The van der Waals surface area contributed by atoms with E-state index >= 15 is 0 Å². The zero-order valence-electron chi connectivity index (χ0n) is 10.4. The van der Waals surface area contributed by atoms with E-state index in [1.807, 2.05) is 6.92 Å². The molecule has 0 radical (unpaired) electrons. The van der Waals surface area contributed by atoms with Crippen LogP contribution in [0.4, 0.5) is 0 Å². The maximum Gasteiger partial charge on any atom is 0.236 e. The second-order valence-corrected chi connectivity index (χ2v) is 4.42. The van der Waals surface area contributed by atoms with E-state index in [0.717, 1.165) is 6.54 Å². The highest BCUT2D eigenvalue weighted by atomic mass is 16.5. The number of carbonyl (C=O) groups excluding carboxylic acids is 1. The molecular weight excluding hydrogens is 204 g/mol. The van der Waals surface area contributed by atoms with Gasteiger partial charge in [0.05, 0.1) is 18.8 Å². The van der Waals surface area contributed by atoms with Crippen LogP contribution in [0, 0.1) is 0 Å². The highest BCUT2D eigenvalue weighted by Gasteiger charge is 2.14. The van der Waals surface area contributed by atoms with Gasteiger partial charge in [-0.05, 0) is 19.8 Å². The van der Waals surface area contributed by atoms with Gasteiger partial charge in [-0.25, -0.2) is 0 Å². The molecule has 4 heteroatoms. The molecule has 1 saturated carbocycles. The van der Waals surface area contributed by atoms with Crippen LogP contribution in [0.5, 0.6) is 0 Å². The smallest absolute Gasteiger partial charge is 0.236 e. The third kappa shape index (κ3) is 4.94. The first-order chi connectivity index (χ1) is 7.74. The molecule has 0 aromatic heterocycles. The van der Waals surface area contributed by atoms with Gasteiger partial charge in [0.1, 0.15) is 0 Å². The summed E-state index contributed by atoms with van der Waals surface area (Å²) in [6, 6.07) is -0.139. The Morgan fingerprint density at radius 1 is 1.38 bits per heavy atom. The summed E-state index contributed by atoms with van der Waals surface area (Å²) in [5, 5.41) is 5.75. The molecule has 1 fully saturated rings. The van der Waals surface area contributed by atoms with Gasteiger partial charge in [0, 0.05) is 13.6 Å². The van der Waals surface area contributed by atoms with Gasteiger partial charge in [0.25, 0.3) is 0 Å². The first-order valence-electron chi connectivity index (χ1n) is 6.30. The molecule has 0 spiro atoms. The number of ether oxygens (including phenoxy) is 1. The molecule has 16 heavy (non-hydrogen) atoms. The van der Waals surface area contributed by atoms with E-state index in [1.54, 1.807) is 7.05 Å². The summed E-state index contributed by atoms with van der Waals surface area (Å²) in [6.07, 6.45) is 6.80. The Hall–Kier alpha value is -0.610. The van der Waals surface area contributed by atoms with E-state index in [-0.39, 0.29) is 11.9 Å². The predicted molar refractivity (Wildman–Crippen MR) is 64.4 cm³/mol. The van der Waals surface area contributed by atoms with Gasteiger partial charge in [0.2, 0.25) is 5.91 Å². The minimum Gasteiger partial charge on any atom is -0.377 e. The number of likely N-dealkylation sites (N-methyl/N-ethyl adjacent to an activating group) is 1. The Balaban J connectivity index is 2.00. The lowest BCUT2D eigenvalue weighted by Crippen LogP contribution is -2.42. The maximum atomic E-state index is 11.2. The van der Waals surface area contributed by atoms with Crippen molar-refractivity contribution < 1.29 is 9.53 Å². The van der Waals surface area contributed by atoms with E-state index in [0.29, 0.717) is 12.7 Å². The van der Waals surface area contributed by atoms with E-state index in [2.05, 4.69) is 10.6 Å². The molecular formula is C12H24N2O2. The minimum atomic E-state index is -0.139. The normalized spacial score (nSPS) is 19.4. The van der Waals surface area contributed by atoms with Crippen molar-refractivity contribution in [3.8, 4) is 0 Å². The van der Waals surface area contributed by atoms with Crippen LogP contribution in [-0.2, 0) is 9.53 Å². The van der Waals surface area contributed by atoms with Crippen molar-refractivity contribution in [1.29, 1.82) is 0 Å². The Bertz CT molecular complexity index is 203. The fourth-order valence-corrected chi connectivity index (χ4v) is 2.04. The number of amides is 1. The van der Waals surface area contributed by atoms with Crippen LogP contribution in [0.15, 0.2) is 0 Å². The van der Waals surface area contributed by atoms with Gasteiger partial charge in [-0.15, -0.1) is 0 Å². The van der Waals surface area contributed by atoms with E-state index in [4.69, 9.17) is 4.74 Å². The Morgan fingerprint density at radius 3 is 2.69 bits per heavy atom.